The minimum absolute atomic E-state index is 0.591. The molecule has 3 aliphatic carbocycles. The normalized spacial score (nSPS) is 57.2. The zero-order chi connectivity index (χ0) is 8.63. The predicted octanol–water partition coefficient (Wildman–Crippen LogP) is -0.548. The van der Waals surface area contributed by atoms with Crippen molar-refractivity contribution >= 4 is 0 Å². The number of alkyl halides is 2. The Hall–Kier alpha value is 0.470. The second kappa shape index (κ2) is 2.17. The fraction of sp³-hybridized carbons (Fsp3) is 0.833. The molecule has 0 bridgehead atoms. The molecule has 4 atom stereocenters. The van der Waals surface area contributed by atoms with Crippen LogP contribution in [-0.4, -0.2) is 8.86 Å². The van der Waals surface area contributed by atoms with E-state index in [0.717, 1.165) is 17.3 Å². The van der Waals surface area contributed by atoms with E-state index >= 15 is 0 Å². The van der Waals surface area contributed by atoms with E-state index in [1.54, 1.807) is 28.1 Å². The Balaban J connectivity index is 1.75. The van der Waals surface area contributed by atoms with Crippen molar-refractivity contribution in [2.45, 2.75) is 26.2 Å². The van der Waals surface area contributed by atoms with Crippen molar-refractivity contribution in [2.24, 2.45) is 23.2 Å². The summed E-state index contributed by atoms with van der Waals surface area (Å²) >= 11 is 0.591. The SMILES string of the molecule is CC1CC2(CC3=C2C[I-]C3)C2CC12. The standard InChI is InChI=1S/C12H16I/c1-7-3-12(10-2-9(7)10)4-8-5-13-6-11(8)12/h7,9-10H,2-6H2,1H3/q-1. The summed E-state index contributed by atoms with van der Waals surface area (Å²) in [6, 6.07) is 0. The molecule has 2 fully saturated rings. The summed E-state index contributed by atoms with van der Waals surface area (Å²) in [4.78, 5) is 0. The van der Waals surface area contributed by atoms with E-state index in [1.807, 2.05) is 11.1 Å². The fourth-order valence-corrected chi connectivity index (χ4v) is 7.85. The van der Waals surface area contributed by atoms with Gasteiger partial charge in [-0.15, -0.1) is 0 Å². The van der Waals surface area contributed by atoms with Crippen LogP contribution in [0.3, 0.4) is 0 Å². The molecule has 1 spiro atoms. The topological polar surface area (TPSA) is 0 Å². The van der Waals surface area contributed by atoms with Gasteiger partial charge in [-0.2, -0.15) is 0 Å². The van der Waals surface area contributed by atoms with Gasteiger partial charge in [-0.3, -0.25) is 0 Å². The molecule has 0 aromatic carbocycles. The summed E-state index contributed by atoms with van der Waals surface area (Å²) in [7, 11) is 0. The quantitative estimate of drug-likeness (QED) is 0.319. The van der Waals surface area contributed by atoms with Gasteiger partial charge in [-0.05, 0) is 0 Å². The van der Waals surface area contributed by atoms with Gasteiger partial charge >= 0.3 is 90.6 Å². The second-order valence-electron chi connectivity index (χ2n) is 5.56. The van der Waals surface area contributed by atoms with Crippen molar-refractivity contribution in [2.75, 3.05) is 8.86 Å². The van der Waals surface area contributed by atoms with Crippen molar-refractivity contribution in [3.8, 4) is 0 Å². The molecule has 0 saturated heterocycles. The van der Waals surface area contributed by atoms with Crippen LogP contribution in [0.15, 0.2) is 11.1 Å². The van der Waals surface area contributed by atoms with Gasteiger partial charge in [0.25, 0.3) is 0 Å². The van der Waals surface area contributed by atoms with E-state index in [0.29, 0.717) is 21.2 Å². The number of allylic oxidation sites excluding steroid dienone is 2. The van der Waals surface area contributed by atoms with Crippen LogP contribution in [0.2, 0.25) is 0 Å². The van der Waals surface area contributed by atoms with Gasteiger partial charge in [0.2, 0.25) is 0 Å². The summed E-state index contributed by atoms with van der Waals surface area (Å²) in [6.45, 7) is 2.50. The Labute approximate surface area is 90.4 Å². The Morgan fingerprint density at radius 2 is 2.31 bits per heavy atom. The van der Waals surface area contributed by atoms with Gasteiger partial charge in [-0.1, -0.05) is 0 Å². The molecule has 1 heteroatoms. The molecule has 13 heavy (non-hydrogen) atoms. The number of rotatable bonds is 0. The van der Waals surface area contributed by atoms with Crippen LogP contribution in [0, 0.1) is 23.2 Å². The number of hydrogen-bond acceptors (Lipinski definition) is 0. The predicted molar refractivity (Wildman–Crippen MR) is 49.2 cm³/mol. The number of halogens is 1. The van der Waals surface area contributed by atoms with Crippen LogP contribution in [0.25, 0.3) is 0 Å². The van der Waals surface area contributed by atoms with Crippen molar-refractivity contribution in [3.05, 3.63) is 11.1 Å². The van der Waals surface area contributed by atoms with Gasteiger partial charge in [0.1, 0.15) is 0 Å². The third kappa shape index (κ3) is 0.758. The van der Waals surface area contributed by atoms with Crippen LogP contribution >= 0.6 is 0 Å². The molecule has 4 unspecified atom stereocenters. The first-order valence-electron chi connectivity index (χ1n) is 5.56. The van der Waals surface area contributed by atoms with Gasteiger partial charge in [0, 0.05) is 0 Å². The number of fused-ring (bicyclic) bond motifs is 3. The maximum atomic E-state index is 2.50. The van der Waals surface area contributed by atoms with E-state index < -0.39 is 0 Å². The fourth-order valence-electron chi connectivity index (χ4n) is 4.36. The maximum absolute atomic E-state index is 2.50. The average molecular weight is 287 g/mol. The molecule has 0 aromatic rings. The Bertz CT molecular complexity index is 317. The second-order valence-corrected chi connectivity index (χ2v) is 8.16. The van der Waals surface area contributed by atoms with E-state index in [4.69, 9.17) is 0 Å². The Morgan fingerprint density at radius 3 is 2.92 bits per heavy atom. The molecule has 0 nitrogen and oxygen atoms in total. The van der Waals surface area contributed by atoms with E-state index in [1.165, 1.54) is 5.92 Å². The Morgan fingerprint density at radius 1 is 1.38 bits per heavy atom. The third-order valence-electron chi connectivity index (χ3n) is 5.01. The molecular weight excluding hydrogens is 271 g/mol. The summed E-state index contributed by atoms with van der Waals surface area (Å²) < 4.78 is 3.16. The summed E-state index contributed by atoms with van der Waals surface area (Å²) in [5.41, 5.74) is 4.78. The zero-order valence-corrected chi connectivity index (χ0v) is 10.3. The first kappa shape index (κ1) is 7.72. The van der Waals surface area contributed by atoms with Crippen molar-refractivity contribution in [1.29, 1.82) is 0 Å². The van der Waals surface area contributed by atoms with Gasteiger partial charge in [-0.25, -0.2) is 0 Å². The molecule has 4 aliphatic rings. The van der Waals surface area contributed by atoms with Crippen LogP contribution in [0.4, 0.5) is 0 Å². The van der Waals surface area contributed by atoms with Crippen LogP contribution in [-0.2, 0) is 0 Å². The van der Waals surface area contributed by atoms with Crippen LogP contribution in [0.5, 0.6) is 0 Å². The molecule has 4 rings (SSSR count). The summed E-state index contributed by atoms with van der Waals surface area (Å²) in [5, 5.41) is 0. The molecule has 0 aromatic heterocycles. The van der Waals surface area contributed by atoms with Gasteiger partial charge in [0.15, 0.2) is 0 Å². The number of hydrogen-bond donors (Lipinski definition) is 0. The van der Waals surface area contributed by atoms with Crippen LogP contribution < -0.4 is 21.2 Å². The first-order chi connectivity index (χ1) is 6.31. The Kier molecular flexibility index (Phi) is 1.29. The minimum atomic E-state index is 0.591. The average Bonchev–Trinajstić information content (AvgIpc) is 2.71. The molecule has 2 saturated carbocycles. The summed E-state index contributed by atoms with van der Waals surface area (Å²) in [6.07, 6.45) is 4.72. The molecular formula is C12H16I-. The van der Waals surface area contributed by atoms with E-state index in [-0.39, 0.29) is 0 Å². The van der Waals surface area contributed by atoms with E-state index in [9.17, 15) is 0 Å². The van der Waals surface area contributed by atoms with Crippen molar-refractivity contribution < 1.29 is 21.2 Å². The molecule has 0 N–H and O–H groups in total. The zero-order valence-electron chi connectivity index (χ0n) is 8.15. The van der Waals surface area contributed by atoms with E-state index in [2.05, 4.69) is 6.92 Å². The molecule has 0 radical (unpaired) electrons. The molecule has 72 valence electrons. The molecule has 1 aliphatic heterocycles. The summed E-state index contributed by atoms with van der Waals surface area (Å²) in [5.74, 6) is 3.40. The molecule has 0 amide bonds. The monoisotopic (exact) mass is 287 g/mol. The van der Waals surface area contributed by atoms with Crippen molar-refractivity contribution in [3.63, 3.8) is 0 Å². The molecule has 1 heterocycles. The van der Waals surface area contributed by atoms with Crippen LogP contribution in [0.1, 0.15) is 26.2 Å². The van der Waals surface area contributed by atoms with Crippen molar-refractivity contribution in [1.82, 2.24) is 0 Å². The van der Waals surface area contributed by atoms with Gasteiger partial charge in [0.05, 0.1) is 0 Å². The first-order valence-corrected chi connectivity index (χ1v) is 8.61. The van der Waals surface area contributed by atoms with Gasteiger partial charge < -0.3 is 0 Å². The third-order valence-corrected chi connectivity index (χ3v) is 7.77.